The molecule has 10 heteroatoms. The summed E-state index contributed by atoms with van der Waals surface area (Å²) in [6.45, 7) is 17.1. The average Bonchev–Trinajstić information content (AvgIpc) is 3.25. The van der Waals surface area contributed by atoms with Crippen molar-refractivity contribution in [1.29, 1.82) is 0 Å². The van der Waals surface area contributed by atoms with Crippen LogP contribution >= 0.6 is 0 Å². The van der Waals surface area contributed by atoms with Crippen molar-refractivity contribution in [2.75, 3.05) is 0 Å². The van der Waals surface area contributed by atoms with E-state index in [1.165, 1.54) is 6.08 Å². The number of nitrogens with one attached hydrogen (secondary N) is 2. The second-order valence-corrected chi connectivity index (χ2v) is 13.9. The molecule has 0 fully saturated rings. The van der Waals surface area contributed by atoms with E-state index in [2.05, 4.69) is 30.4 Å². The first-order valence-electron chi connectivity index (χ1n) is 19.4. The molecule has 4 amide bonds. The number of amides is 4. The van der Waals surface area contributed by atoms with Crippen LogP contribution in [0.2, 0.25) is 0 Å². The van der Waals surface area contributed by atoms with Crippen LogP contribution in [0.1, 0.15) is 62.2 Å². The number of carbonyl (C=O) groups excluding carboxylic acids is 4. The predicted molar refractivity (Wildman–Crippen MR) is 239 cm³/mol. The first-order valence-corrected chi connectivity index (χ1v) is 19.4. The lowest BCUT2D eigenvalue weighted by Crippen LogP contribution is -2.35. The maximum absolute atomic E-state index is 14.0. The molecule has 0 aromatic heterocycles. The predicted octanol–water partition coefficient (Wildman–Crippen LogP) is 11.4. The van der Waals surface area contributed by atoms with Gasteiger partial charge in [-0.2, -0.15) is 0 Å². The molecule has 0 saturated carbocycles. The summed E-state index contributed by atoms with van der Waals surface area (Å²) in [5.41, 5.74) is 0.635. The summed E-state index contributed by atoms with van der Waals surface area (Å²) in [5, 5.41) is 7.97. The van der Waals surface area contributed by atoms with Gasteiger partial charge in [0.2, 0.25) is 0 Å². The van der Waals surface area contributed by atoms with E-state index in [1.807, 2.05) is 38.1 Å². The molecule has 0 spiro atoms. The second-order valence-electron chi connectivity index (χ2n) is 13.9. The zero-order chi connectivity index (χ0) is 42.9. The van der Waals surface area contributed by atoms with Crippen molar-refractivity contribution in [1.82, 2.24) is 10.6 Å². The van der Waals surface area contributed by atoms with Crippen LogP contribution < -0.4 is 29.6 Å². The molecule has 300 valence electrons. The number of hydrogen-bond donors (Lipinski definition) is 2. The number of fused-ring (bicyclic) bond motifs is 2. The highest BCUT2D eigenvalue weighted by atomic mass is 16.5. The van der Waals surface area contributed by atoms with Crippen molar-refractivity contribution in [2.45, 2.75) is 20.8 Å². The first-order chi connectivity index (χ1) is 29.6. The highest BCUT2D eigenvalue weighted by Gasteiger charge is 2.37. The van der Waals surface area contributed by atoms with Crippen LogP contribution in [0.3, 0.4) is 0 Å². The van der Waals surface area contributed by atoms with E-state index in [4.69, 9.17) is 18.9 Å². The molecule has 2 N–H and O–H groups in total. The molecule has 10 nitrogen and oxygen atoms in total. The fourth-order valence-corrected chi connectivity index (χ4v) is 7.77. The molecule has 8 rings (SSSR count). The van der Waals surface area contributed by atoms with Crippen LogP contribution in [-0.4, -0.2) is 23.6 Å². The van der Waals surface area contributed by atoms with E-state index in [1.54, 1.807) is 104 Å². The van der Waals surface area contributed by atoms with Crippen LogP contribution in [0.4, 0.5) is 0 Å². The highest BCUT2D eigenvalue weighted by molar-refractivity contribution is 6.44. The summed E-state index contributed by atoms with van der Waals surface area (Å²) in [6.07, 6.45) is 20.4. The Kier molecular flexibility index (Phi) is 10.5. The Morgan fingerprint density at radius 2 is 1.00 bits per heavy atom. The number of benzene rings is 6. The number of para-hydroxylation sites is 1. The Hall–Kier alpha value is -8.24. The Bertz CT molecular complexity index is 3120. The maximum atomic E-state index is 14.0. The molecule has 61 heavy (non-hydrogen) atoms. The SMILES string of the molecule is C=C/C=C\C(=C/C)Oc1cc2c3c(cc(Oc4ccccc4)c4c5c(OC(/C=C\C)=C/C=C)cc6c7c(cc(O/C(C=C)=C/C=C\C)c(c1c34)c75)C(=O)NC6=O)C(=O)NC2=O. The van der Waals surface area contributed by atoms with Gasteiger partial charge in [0.25, 0.3) is 23.6 Å². The van der Waals surface area contributed by atoms with E-state index in [9.17, 15) is 19.2 Å². The van der Waals surface area contributed by atoms with E-state index in [0.29, 0.717) is 66.1 Å². The highest BCUT2D eigenvalue weighted by Crippen LogP contribution is 2.56. The smallest absolute Gasteiger partial charge is 0.258 e. The monoisotopic (exact) mass is 806 g/mol. The minimum Gasteiger partial charge on any atom is -0.457 e. The van der Waals surface area contributed by atoms with Crippen LogP contribution in [0.15, 0.2) is 165 Å². The van der Waals surface area contributed by atoms with Gasteiger partial charge in [0.1, 0.15) is 46.0 Å². The minimum absolute atomic E-state index is 0.153. The molecule has 0 atom stereocenters. The van der Waals surface area contributed by atoms with Crippen molar-refractivity contribution in [3.05, 3.63) is 187 Å². The van der Waals surface area contributed by atoms with Gasteiger partial charge in [-0.25, -0.2) is 0 Å². The van der Waals surface area contributed by atoms with Gasteiger partial charge >= 0.3 is 0 Å². The number of ether oxygens (including phenoxy) is 4. The van der Waals surface area contributed by atoms with Crippen LogP contribution in [0, 0.1) is 0 Å². The fraction of sp³-hybridized carbons (Fsp3) is 0.0588. The Labute approximate surface area is 350 Å². The largest absolute Gasteiger partial charge is 0.457 e. The van der Waals surface area contributed by atoms with Gasteiger partial charge in [-0.15, -0.1) is 0 Å². The maximum Gasteiger partial charge on any atom is 0.258 e. The average molecular weight is 807 g/mol. The Morgan fingerprint density at radius 3 is 1.46 bits per heavy atom. The van der Waals surface area contributed by atoms with Gasteiger partial charge in [0, 0.05) is 43.1 Å². The van der Waals surface area contributed by atoms with Crippen molar-refractivity contribution >= 4 is 66.7 Å². The van der Waals surface area contributed by atoms with Crippen molar-refractivity contribution in [3.8, 4) is 28.7 Å². The molecule has 0 unspecified atom stereocenters. The molecule has 6 aromatic carbocycles. The van der Waals surface area contributed by atoms with Crippen LogP contribution in [0.5, 0.6) is 28.7 Å². The van der Waals surface area contributed by atoms with E-state index >= 15 is 0 Å². The number of rotatable bonds is 14. The van der Waals surface area contributed by atoms with Crippen molar-refractivity contribution < 1.29 is 38.1 Å². The number of hydrogen-bond acceptors (Lipinski definition) is 8. The molecule has 6 aromatic rings. The zero-order valence-corrected chi connectivity index (χ0v) is 33.5. The Morgan fingerprint density at radius 1 is 0.508 bits per heavy atom. The number of allylic oxidation sites excluding steroid dienone is 12. The summed E-state index contributed by atoms with van der Waals surface area (Å²) in [5.74, 6) is -0.246. The van der Waals surface area contributed by atoms with Gasteiger partial charge in [-0.3, -0.25) is 29.8 Å². The lowest BCUT2D eigenvalue weighted by molar-refractivity contribution is 0.0828. The van der Waals surface area contributed by atoms with Crippen molar-refractivity contribution in [3.63, 3.8) is 0 Å². The quantitative estimate of drug-likeness (QED) is 0.0366. The molecule has 2 heterocycles. The molecule has 2 aliphatic rings. The van der Waals surface area contributed by atoms with Gasteiger partial charge in [0.15, 0.2) is 0 Å². The third-order valence-corrected chi connectivity index (χ3v) is 10.2. The summed E-state index contributed by atoms with van der Waals surface area (Å²) in [4.78, 5) is 55.9. The van der Waals surface area contributed by atoms with Crippen molar-refractivity contribution in [2.24, 2.45) is 0 Å². The van der Waals surface area contributed by atoms with E-state index < -0.39 is 23.6 Å². The standard InChI is InChI=1S/C51H38N2O8/c1-7-13-20-28(11-5)58-36-24-32-40-34(50(56)52-48(32)54)26-38(60-30(18-9-3)19-10-4)44-45-39(61-31-22-16-15-17-23-31)27-35-41-33(49(55)53-51(35)57)25-37(59-29(12-6)21-14-8-2)43(47(41)45)42(36)46(40)44/h7-27H,2-3,5H2,1,4,6H3,(H,52,54,56)(H,53,55,57)/b13-7-,19-10-,21-14-,28-20+,29-12+,30-18+. The number of carbonyl (C=O) groups is 4. The first kappa shape index (κ1) is 39.6. The third kappa shape index (κ3) is 6.75. The van der Waals surface area contributed by atoms with Crippen LogP contribution in [-0.2, 0) is 0 Å². The molecule has 0 saturated heterocycles. The van der Waals surface area contributed by atoms with E-state index in [-0.39, 0.29) is 45.3 Å². The molecular formula is C51H38N2O8. The summed E-state index contributed by atoms with van der Waals surface area (Å²) in [6, 6.07) is 15.3. The fourth-order valence-electron chi connectivity index (χ4n) is 7.77. The number of imide groups is 2. The molecule has 0 aliphatic carbocycles. The second kappa shape index (κ2) is 16.2. The van der Waals surface area contributed by atoms with Gasteiger partial charge in [0.05, 0.1) is 22.3 Å². The topological polar surface area (TPSA) is 129 Å². The Balaban J connectivity index is 1.72. The van der Waals surface area contributed by atoms with E-state index in [0.717, 1.165) is 0 Å². The third-order valence-electron chi connectivity index (χ3n) is 10.2. The summed E-state index contributed by atoms with van der Waals surface area (Å²) in [7, 11) is 0. The lowest BCUT2D eigenvalue weighted by Gasteiger charge is -2.28. The summed E-state index contributed by atoms with van der Waals surface area (Å²) < 4.78 is 26.9. The normalized spacial score (nSPS) is 14.5. The van der Waals surface area contributed by atoms with Gasteiger partial charge < -0.3 is 18.9 Å². The van der Waals surface area contributed by atoms with Gasteiger partial charge in [-0.05, 0) is 93.6 Å². The molecule has 0 bridgehead atoms. The van der Waals surface area contributed by atoms with Crippen LogP contribution in [0.25, 0.3) is 43.1 Å². The molecular weight excluding hydrogens is 769 g/mol. The lowest BCUT2D eigenvalue weighted by atomic mass is 9.81. The summed E-state index contributed by atoms with van der Waals surface area (Å²) >= 11 is 0. The zero-order valence-electron chi connectivity index (χ0n) is 33.5. The molecule has 2 aliphatic heterocycles. The minimum atomic E-state index is -0.645. The van der Waals surface area contributed by atoms with Gasteiger partial charge in [-0.1, -0.05) is 74.4 Å². The molecule has 0 radical (unpaired) electrons.